The van der Waals surface area contributed by atoms with Crippen molar-refractivity contribution in [3.05, 3.63) is 35.9 Å². The number of amides is 3. The number of hydrogen-bond acceptors (Lipinski definition) is 2. The molecule has 1 N–H and O–H groups in total. The number of nitrogens with zero attached hydrogens (tertiary/aromatic N) is 1. The van der Waals surface area contributed by atoms with Crippen LogP contribution < -0.4 is 5.32 Å². The molecule has 84 valence electrons. The third-order valence-corrected chi connectivity index (χ3v) is 2.47. The van der Waals surface area contributed by atoms with Crippen LogP contribution in [0.25, 0.3) is 0 Å². The SMILES string of the molecule is O=C1NC(c2ccccc2)C(=O)N1CCF. The average Bonchev–Trinajstić information content (AvgIpc) is 2.59. The van der Waals surface area contributed by atoms with E-state index in [4.69, 9.17) is 0 Å². The lowest BCUT2D eigenvalue weighted by Gasteiger charge is -2.10. The lowest BCUT2D eigenvalue weighted by Crippen LogP contribution is -2.32. The zero-order chi connectivity index (χ0) is 11.5. The van der Waals surface area contributed by atoms with Gasteiger partial charge in [-0.1, -0.05) is 30.3 Å². The molecule has 1 aliphatic heterocycles. The molecule has 2 rings (SSSR count). The molecule has 0 radical (unpaired) electrons. The molecule has 0 saturated carbocycles. The molecule has 1 aromatic rings. The molecular weight excluding hydrogens is 211 g/mol. The highest BCUT2D eigenvalue weighted by atomic mass is 19.1. The number of rotatable bonds is 3. The third-order valence-electron chi connectivity index (χ3n) is 2.47. The summed E-state index contributed by atoms with van der Waals surface area (Å²) in [4.78, 5) is 24.1. The number of nitrogens with one attached hydrogen (secondary N) is 1. The van der Waals surface area contributed by atoms with Gasteiger partial charge in [0, 0.05) is 0 Å². The minimum atomic E-state index is -0.722. The van der Waals surface area contributed by atoms with Gasteiger partial charge in [0.25, 0.3) is 5.91 Å². The molecule has 1 unspecified atom stereocenters. The van der Waals surface area contributed by atoms with Crippen molar-refractivity contribution in [2.75, 3.05) is 13.2 Å². The van der Waals surface area contributed by atoms with Gasteiger partial charge in [0.15, 0.2) is 0 Å². The van der Waals surface area contributed by atoms with E-state index in [9.17, 15) is 14.0 Å². The van der Waals surface area contributed by atoms with Gasteiger partial charge in [0.1, 0.15) is 12.7 Å². The molecule has 1 fully saturated rings. The molecule has 1 saturated heterocycles. The Morgan fingerprint density at radius 1 is 1.25 bits per heavy atom. The van der Waals surface area contributed by atoms with Crippen LogP contribution >= 0.6 is 0 Å². The third kappa shape index (κ3) is 1.76. The molecule has 1 aromatic carbocycles. The smallest absolute Gasteiger partial charge is 0.322 e. The Hall–Kier alpha value is -1.91. The Bertz CT molecular complexity index is 408. The van der Waals surface area contributed by atoms with Gasteiger partial charge < -0.3 is 5.32 Å². The van der Waals surface area contributed by atoms with Gasteiger partial charge in [0.05, 0.1) is 6.54 Å². The van der Waals surface area contributed by atoms with E-state index >= 15 is 0 Å². The summed E-state index contributed by atoms with van der Waals surface area (Å²) < 4.78 is 12.1. The first kappa shape index (κ1) is 10.6. The van der Waals surface area contributed by atoms with Crippen molar-refractivity contribution in [3.63, 3.8) is 0 Å². The highest BCUT2D eigenvalue weighted by Crippen LogP contribution is 2.21. The number of hydrogen-bond donors (Lipinski definition) is 1. The maximum Gasteiger partial charge on any atom is 0.325 e. The summed E-state index contributed by atoms with van der Waals surface area (Å²) in [5, 5.41) is 2.53. The van der Waals surface area contributed by atoms with Crippen molar-refractivity contribution >= 4 is 11.9 Å². The fourth-order valence-corrected chi connectivity index (χ4v) is 1.69. The van der Waals surface area contributed by atoms with Crippen LogP contribution in [0.4, 0.5) is 9.18 Å². The van der Waals surface area contributed by atoms with Crippen molar-refractivity contribution in [3.8, 4) is 0 Å². The number of carbonyl (C=O) groups is 2. The van der Waals surface area contributed by atoms with Crippen molar-refractivity contribution in [2.45, 2.75) is 6.04 Å². The second-order valence-electron chi connectivity index (χ2n) is 3.47. The predicted octanol–water partition coefficient (Wildman–Crippen LogP) is 1.25. The van der Waals surface area contributed by atoms with Gasteiger partial charge in [-0.3, -0.25) is 9.69 Å². The molecule has 0 spiro atoms. The molecular formula is C11H11FN2O2. The molecule has 0 aliphatic carbocycles. The van der Waals surface area contributed by atoms with E-state index < -0.39 is 24.7 Å². The minimum absolute atomic E-state index is 0.187. The van der Waals surface area contributed by atoms with Gasteiger partial charge >= 0.3 is 6.03 Å². The highest BCUT2D eigenvalue weighted by molar-refractivity contribution is 6.04. The summed E-state index contributed by atoms with van der Waals surface area (Å²) in [5.41, 5.74) is 0.710. The zero-order valence-corrected chi connectivity index (χ0v) is 8.52. The molecule has 1 aliphatic rings. The van der Waals surface area contributed by atoms with Gasteiger partial charge in [-0.15, -0.1) is 0 Å². The number of urea groups is 1. The summed E-state index contributed by atoms with van der Waals surface area (Å²) in [6, 6.07) is 7.68. The fraction of sp³-hybridized carbons (Fsp3) is 0.273. The Labute approximate surface area is 92.0 Å². The van der Waals surface area contributed by atoms with E-state index in [1.165, 1.54) is 0 Å². The lowest BCUT2D eigenvalue weighted by atomic mass is 10.1. The Morgan fingerprint density at radius 2 is 1.94 bits per heavy atom. The van der Waals surface area contributed by atoms with Crippen molar-refractivity contribution in [1.29, 1.82) is 0 Å². The first-order valence-electron chi connectivity index (χ1n) is 4.97. The second kappa shape index (κ2) is 4.30. The van der Waals surface area contributed by atoms with E-state index in [-0.39, 0.29) is 6.54 Å². The maximum absolute atomic E-state index is 12.1. The number of alkyl halides is 1. The van der Waals surface area contributed by atoms with Crippen LogP contribution in [-0.2, 0) is 4.79 Å². The van der Waals surface area contributed by atoms with Crippen LogP contribution in [-0.4, -0.2) is 30.1 Å². The number of benzene rings is 1. The first-order chi connectivity index (χ1) is 7.74. The van der Waals surface area contributed by atoms with Gasteiger partial charge in [-0.25, -0.2) is 9.18 Å². The zero-order valence-electron chi connectivity index (χ0n) is 8.52. The molecule has 1 heterocycles. The van der Waals surface area contributed by atoms with Crippen LogP contribution in [0.3, 0.4) is 0 Å². The van der Waals surface area contributed by atoms with E-state index in [2.05, 4.69) is 5.32 Å². The van der Waals surface area contributed by atoms with Crippen LogP contribution in [0.1, 0.15) is 11.6 Å². The van der Waals surface area contributed by atoms with E-state index in [1.807, 2.05) is 6.07 Å². The standard InChI is InChI=1S/C11H11FN2O2/c12-6-7-14-10(15)9(13-11(14)16)8-4-2-1-3-5-8/h1-5,9H,6-7H2,(H,13,16). The summed E-state index contributed by atoms with van der Waals surface area (Å²) in [6.45, 7) is -0.908. The normalized spacial score (nSPS) is 20.1. The summed E-state index contributed by atoms with van der Waals surface area (Å²) >= 11 is 0. The molecule has 3 amide bonds. The maximum atomic E-state index is 12.1. The minimum Gasteiger partial charge on any atom is -0.322 e. The summed E-state index contributed by atoms with van der Waals surface area (Å²) in [7, 11) is 0. The van der Waals surface area contributed by atoms with Gasteiger partial charge in [-0.05, 0) is 5.56 Å². The molecule has 0 aromatic heterocycles. The largest absolute Gasteiger partial charge is 0.325 e. The Kier molecular flexibility index (Phi) is 2.85. The average molecular weight is 222 g/mol. The molecule has 1 atom stereocenters. The van der Waals surface area contributed by atoms with Crippen molar-refractivity contribution in [2.24, 2.45) is 0 Å². The van der Waals surface area contributed by atoms with E-state index in [0.29, 0.717) is 5.56 Å². The molecule has 5 heteroatoms. The van der Waals surface area contributed by atoms with E-state index in [0.717, 1.165) is 4.90 Å². The Morgan fingerprint density at radius 3 is 2.56 bits per heavy atom. The van der Waals surface area contributed by atoms with Crippen LogP contribution in [0.15, 0.2) is 30.3 Å². The fourth-order valence-electron chi connectivity index (χ4n) is 1.69. The van der Waals surface area contributed by atoms with Crippen LogP contribution in [0.5, 0.6) is 0 Å². The van der Waals surface area contributed by atoms with Crippen molar-refractivity contribution < 1.29 is 14.0 Å². The van der Waals surface area contributed by atoms with Gasteiger partial charge in [-0.2, -0.15) is 0 Å². The van der Waals surface area contributed by atoms with E-state index in [1.54, 1.807) is 24.3 Å². The lowest BCUT2D eigenvalue weighted by molar-refractivity contribution is -0.127. The predicted molar refractivity (Wildman–Crippen MR) is 55.4 cm³/mol. The van der Waals surface area contributed by atoms with Crippen LogP contribution in [0, 0.1) is 0 Å². The first-order valence-corrected chi connectivity index (χ1v) is 4.97. The second-order valence-corrected chi connectivity index (χ2v) is 3.47. The molecule has 4 nitrogen and oxygen atoms in total. The Balaban J connectivity index is 2.21. The van der Waals surface area contributed by atoms with Crippen molar-refractivity contribution in [1.82, 2.24) is 10.2 Å². The highest BCUT2D eigenvalue weighted by Gasteiger charge is 2.38. The molecule has 0 bridgehead atoms. The number of carbonyl (C=O) groups excluding carboxylic acids is 2. The van der Waals surface area contributed by atoms with Crippen LogP contribution in [0.2, 0.25) is 0 Å². The number of halogens is 1. The quantitative estimate of drug-likeness (QED) is 0.782. The summed E-state index contributed by atoms with van der Waals surface area (Å²) in [5.74, 6) is -0.395. The van der Waals surface area contributed by atoms with Gasteiger partial charge in [0.2, 0.25) is 0 Å². The number of imide groups is 1. The summed E-state index contributed by atoms with van der Waals surface area (Å²) in [6.07, 6.45) is 0. The monoisotopic (exact) mass is 222 g/mol. The topological polar surface area (TPSA) is 49.4 Å². The molecule has 16 heavy (non-hydrogen) atoms.